The van der Waals surface area contributed by atoms with Crippen molar-refractivity contribution in [3.05, 3.63) is 34.9 Å². The fraction of sp³-hybridized carbons (Fsp3) is 0.647. The van der Waals surface area contributed by atoms with E-state index < -0.39 is 6.10 Å². The summed E-state index contributed by atoms with van der Waals surface area (Å²) in [5.74, 6) is 0.698. The zero-order valence-corrected chi connectivity index (χ0v) is 13.0. The molecule has 19 heavy (non-hydrogen) atoms. The van der Waals surface area contributed by atoms with Crippen molar-refractivity contribution in [1.29, 1.82) is 0 Å². The summed E-state index contributed by atoms with van der Waals surface area (Å²) in [5.41, 5.74) is 3.54. The first kappa shape index (κ1) is 16.2. The van der Waals surface area contributed by atoms with Gasteiger partial charge in [0.15, 0.2) is 0 Å². The number of hydrogen-bond donors (Lipinski definition) is 2. The number of hydrogen-bond acceptors (Lipinski definition) is 2. The molecule has 0 aliphatic heterocycles. The molecule has 0 aliphatic carbocycles. The van der Waals surface area contributed by atoms with Gasteiger partial charge in [-0.05, 0) is 55.8 Å². The van der Waals surface area contributed by atoms with Crippen LogP contribution >= 0.6 is 0 Å². The highest BCUT2D eigenvalue weighted by Gasteiger charge is 2.18. The lowest BCUT2D eigenvalue weighted by Crippen LogP contribution is -2.35. The molecule has 0 saturated heterocycles. The van der Waals surface area contributed by atoms with Gasteiger partial charge in [-0.1, -0.05) is 39.0 Å². The SMILES string of the molecule is CCC(NCCC(C)C)C(O)c1ccc(C)c(C)c1. The highest BCUT2D eigenvalue weighted by molar-refractivity contribution is 5.31. The van der Waals surface area contributed by atoms with Crippen LogP contribution in [0.25, 0.3) is 0 Å². The van der Waals surface area contributed by atoms with Gasteiger partial charge in [0.1, 0.15) is 0 Å². The number of aliphatic hydroxyl groups is 1. The molecular weight excluding hydrogens is 234 g/mol. The van der Waals surface area contributed by atoms with Crippen molar-refractivity contribution >= 4 is 0 Å². The van der Waals surface area contributed by atoms with E-state index in [2.05, 4.69) is 52.1 Å². The summed E-state index contributed by atoms with van der Waals surface area (Å²) in [4.78, 5) is 0. The van der Waals surface area contributed by atoms with Crippen LogP contribution in [0.2, 0.25) is 0 Å². The maximum absolute atomic E-state index is 10.5. The molecule has 2 nitrogen and oxygen atoms in total. The summed E-state index contributed by atoms with van der Waals surface area (Å²) in [6.07, 6.45) is 1.67. The Balaban J connectivity index is 2.66. The van der Waals surface area contributed by atoms with Crippen molar-refractivity contribution < 1.29 is 5.11 Å². The van der Waals surface area contributed by atoms with E-state index in [0.29, 0.717) is 5.92 Å². The summed E-state index contributed by atoms with van der Waals surface area (Å²) in [5, 5.41) is 14.0. The lowest BCUT2D eigenvalue weighted by Gasteiger charge is -2.24. The van der Waals surface area contributed by atoms with Gasteiger partial charge in [-0.3, -0.25) is 0 Å². The highest BCUT2D eigenvalue weighted by atomic mass is 16.3. The molecule has 0 heterocycles. The number of rotatable bonds is 7. The van der Waals surface area contributed by atoms with Gasteiger partial charge >= 0.3 is 0 Å². The average molecular weight is 263 g/mol. The largest absolute Gasteiger partial charge is 0.387 e. The summed E-state index contributed by atoms with van der Waals surface area (Å²) in [6.45, 7) is 11.7. The van der Waals surface area contributed by atoms with E-state index in [9.17, 15) is 5.11 Å². The van der Waals surface area contributed by atoms with Crippen molar-refractivity contribution in [3.8, 4) is 0 Å². The fourth-order valence-electron chi connectivity index (χ4n) is 2.22. The molecule has 0 fully saturated rings. The van der Waals surface area contributed by atoms with Crippen LogP contribution in [-0.4, -0.2) is 17.7 Å². The molecule has 0 radical (unpaired) electrons. The molecular formula is C17H29NO. The maximum atomic E-state index is 10.5. The molecule has 1 aromatic rings. The van der Waals surface area contributed by atoms with Crippen LogP contribution in [0.5, 0.6) is 0 Å². The van der Waals surface area contributed by atoms with Crippen LogP contribution in [0.3, 0.4) is 0 Å². The van der Waals surface area contributed by atoms with Crippen LogP contribution < -0.4 is 5.32 Å². The van der Waals surface area contributed by atoms with Crippen molar-refractivity contribution in [2.45, 2.75) is 59.6 Å². The lowest BCUT2D eigenvalue weighted by molar-refractivity contribution is 0.125. The second kappa shape index (κ2) is 7.66. The number of aryl methyl sites for hydroxylation is 2. The summed E-state index contributed by atoms with van der Waals surface area (Å²) in [7, 11) is 0. The Hall–Kier alpha value is -0.860. The molecule has 0 spiro atoms. The van der Waals surface area contributed by atoms with E-state index in [4.69, 9.17) is 0 Å². The van der Waals surface area contributed by atoms with E-state index in [0.717, 1.165) is 24.9 Å². The van der Waals surface area contributed by atoms with E-state index in [1.54, 1.807) is 0 Å². The first-order valence-corrected chi connectivity index (χ1v) is 7.44. The Morgan fingerprint density at radius 2 is 1.84 bits per heavy atom. The smallest absolute Gasteiger partial charge is 0.0942 e. The first-order chi connectivity index (χ1) is 8.95. The van der Waals surface area contributed by atoms with Gasteiger partial charge in [-0.2, -0.15) is 0 Å². The van der Waals surface area contributed by atoms with E-state index in [1.807, 2.05) is 6.07 Å². The van der Waals surface area contributed by atoms with Crippen LogP contribution in [0.15, 0.2) is 18.2 Å². The molecule has 2 N–H and O–H groups in total. The van der Waals surface area contributed by atoms with Gasteiger partial charge in [0.2, 0.25) is 0 Å². The van der Waals surface area contributed by atoms with Gasteiger partial charge in [-0.15, -0.1) is 0 Å². The number of aliphatic hydroxyl groups excluding tert-OH is 1. The fourth-order valence-corrected chi connectivity index (χ4v) is 2.22. The topological polar surface area (TPSA) is 32.3 Å². The van der Waals surface area contributed by atoms with Crippen LogP contribution in [0.1, 0.15) is 56.4 Å². The van der Waals surface area contributed by atoms with Gasteiger partial charge < -0.3 is 10.4 Å². The molecule has 1 aromatic carbocycles. The van der Waals surface area contributed by atoms with Crippen molar-refractivity contribution in [2.24, 2.45) is 5.92 Å². The predicted molar refractivity (Wildman–Crippen MR) is 82.4 cm³/mol. The molecule has 108 valence electrons. The zero-order chi connectivity index (χ0) is 14.4. The van der Waals surface area contributed by atoms with Crippen LogP contribution in [-0.2, 0) is 0 Å². The maximum Gasteiger partial charge on any atom is 0.0942 e. The molecule has 0 bridgehead atoms. The molecule has 2 heteroatoms. The van der Waals surface area contributed by atoms with Crippen molar-refractivity contribution in [3.63, 3.8) is 0 Å². The quantitative estimate of drug-likeness (QED) is 0.785. The minimum atomic E-state index is -0.420. The third-order valence-corrected chi connectivity index (χ3v) is 3.82. The van der Waals surface area contributed by atoms with Crippen LogP contribution in [0, 0.1) is 19.8 Å². The average Bonchev–Trinajstić information content (AvgIpc) is 2.37. The van der Waals surface area contributed by atoms with Gasteiger partial charge in [0, 0.05) is 6.04 Å². The second-order valence-corrected chi connectivity index (χ2v) is 5.94. The standard InChI is InChI=1S/C17H29NO/c1-6-16(18-10-9-12(2)3)17(19)15-8-7-13(4)14(5)11-15/h7-8,11-12,16-19H,6,9-10H2,1-5H3. The molecule has 2 unspecified atom stereocenters. The van der Waals surface area contributed by atoms with Crippen molar-refractivity contribution in [2.75, 3.05) is 6.54 Å². The normalized spacial score (nSPS) is 14.7. The van der Waals surface area contributed by atoms with E-state index >= 15 is 0 Å². The monoisotopic (exact) mass is 263 g/mol. The molecule has 1 rings (SSSR count). The summed E-state index contributed by atoms with van der Waals surface area (Å²) < 4.78 is 0. The van der Waals surface area contributed by atoms with Gasteiger partial charge in [0.25, 0.3) is 0 Å². The number of benzene rings is 1. The Labute approximate surface area is 118 Å². The summed E-state index contributed by atoms with van der Waals surface area (Å²) >= 11 is 0. The Kier molecular flexibility index (Phi) is 6.53. The third-order valence-electron chi connectivity index (χ3n) is 3.82. The van der Waals surface area contributed by atoms with E-state index in [1.165, 1.54) is 11.1 Å². The molecule has 2 atom stereocenters. The van der Waals surface area contributed by atoms with Gasteiger partial charge in [-0.25, -0.2) is 0 Å². The molecule has 0 amide bonds. The number of nitrogens with one attached hydrogen (secondary N) is 1. The van der Waals surface area contributed by atoms with Crippen LogP contribution in [0.4, 0.5) is 0 Å². The Bertz CT molecular complexity index is 387. The molecule has 0 saturated carbocycles. The molecule has 0 aliphatic rings. The first-order valence-electron chi connectivity index (χ1n) is 7.44. The Morgan fingerprint density at radius 1 is 1.16 bits per heavy atom. The zero-order valence-electron chi connectivity index (χ0n) is 13.0. The molecule has 0 aromatic heterocycles. The van der Waals surface area contributed by atoms with Crippen molar-refractivity contribution in [1.82, 2.24) is 5.32 Å². The third kappa shape index (κ3) is 4.96. The predicted octanol–water partition coefficient (Wildman–Crippen LogP) is 3.75. The minimum absolute atomic E-state index is 0.140. The van der Waals surface area contributed by atoms with Gasteiger partial charge in [0.05, 0.1) is 6.10 Å². The minimum Gasteiger partial charge on any atom is -0.387 e. The van der Waals surface area contributed by atoms with E-state index in [-0.39, 0.29) is 6.04 Å². The second-order valence-electron chi connectivity index (χ2n) is 5.94. The lowest BCUT2D eigenvalue weighted by atomic mass is 9.96. The Morgan fingerprint density at radius 3 is 2.37 bits per heavy atom. The highest BCUT2D eigenvalue weighted by Crippen LogP contribution is 2.21. The summed E-state index contributed by atoms with van der Waals surface area (Å²) in [6, 6.07) is 6.38.